The zero-order valence-corrected chi connectivity index (χ0v) is 7.62. The molecule has 0 saturated heterocycles. The smallest absolute Gasteiger partial charge is 0.334 e. The first-order valence-electron chi connectivity index (χ1n) is 4.07. The fourth-order valence-corrected chi connectivity index (χ4v) is 0.804. The Bertz CT molecular complexity index is 354. The van der Waals surface area contributed by atoms with E-state index < -0.39 is 18.0 Å². The minimum atomic E-state index is -1.61. The van der Waals surface area contributed by atoms with Crippen molar-refractivity contribution in [3.63, 3.8) is 0 Å². The third-order valence-corrected chi connectivity index (χ3v) is 1.59. The van der Waals surface area contributed by atoms with Crippen LogP contribution in [0.3, 0.4) is 0 Å². The fourth-order valence-electron chi connectivity index (χ4n) is 0.804. The van der Waals surface area contributed by atoms with Crippen LogP contribution in [-0.4, -0.2) is 44.9 Å². The Kier molecular flexibility index (Phi) is 3.69. The van der Waals surface area contributed by atoms with Gasteiger partial charge in [0.2, 0.25) is 0 Å². The number of carbonyl (C=O) groups excluding carboxylic acids is 1. The van der Waals surface area contributed by atoms with Crippen LogP contribution in [0.4, 0.5) is 0 Å². The van der Waals surface area contributed by atoms with Crippen LogP contribution in [0, 0.1) is 0 Å². The third kappa shape index (κ3) is 3.31. The molecule has 0 unspecified atom stereocenters. The number of nitrogens with one attached hydrogen (secondary N) is 1. The zero-order valence-electron chi connectivity index (χ0n) is 7.62. The van der Waals surface area contributed by atoms with Crippen LogP contribution in [0.1, 0.15) is 10.4 Å². The lowest BCUT2D eigenvalue weighted by molar-refractivity contribution is -0.146. The van der Waals surface area contributed by atoms with Gasteiger partial charge < -0.3 is 15.5 Å². The van der Waals surface area contributed by atoms with Gasteiger partial charge in [-0.15, -0.1) is 0 Å². The molecule has 15 heavy (non-hydrogen) atoms. The highest BCUT2D eigenvalue weighted by Gasteiger charge is 2.14. The molecular weight excluding hydrogens is 202 g/mol. The number of nitrogens with zero attached hydrogens (tertiary/aromatic N) is 2. The molecule has 0 aliphatic heterocycles. The molecule has 0 saturated carbocycles. The van der Waals surface area contributed by atoms with Gasteiger partial charge in [-0.05, 0) is 6.07 Å². The number of rotatable bonds is 4. The quantitative estimate of drug-likeness (QED) is 0.567. The molecule has 0 spiro atoms. The molecule has 1 aromatic rings. The summed E-state index contributed by atoms with van der Waals surface area (Å²) >= 11 is 0. The Labute approximate surface area is 84.8 Å². The number of amides is 1. The topological polar surface area (TPSA) is 112 Å². The average Bonchev–Trinajstić information content (AvgIpc) is 2.26. The highest BCUT2D eigenvalue weighted by Crippen LogP contribution is 1.93. The van der Waals surface area contributed by atoms with Crippen LogP contribution >= 0.6 is 0 Å². The monoisotopic (exact) mass is 211 g/mol. The van der Waals surface area contributed by atoms with E-state index in [2.05, 4.69) is 15.5 Å². The molecule has 0 aromatic carbocycles. The minimum absolute atomic E-state index is 0.252. The number of aromatic nitrogens is 2. The Morgan fingerprint density at radius 3 is 2.73 bits per heavy atom. The number of carboxylic acids is 1. The van der Waals surface area contributed by atoms with E-state index in [1.54, 1.807) is 0 Å². The number of carboxylic acid groups (broad SMARTS) is 1. The third-order valence-electron chi connectivity index (χ3n) is 1.59. The van der Waals surface area contributed by atoms with Crippen LogP contribution in [0.25, 0.3) is 0 Å². The summed E-state index contributed by atoms with van der Waals surface area (Å²) in [4.78, 5) is 21.5. The Morgan fingerprint density at radius 1 is 1.47 bits per heavy atom. The van der Waals surface area contributed by atoms with Crippen LogP contribution in [0.2, 0.25) is 0 Å². The van der Waals surface area contributed by atoms with Crippen molar-refractivity contribution >= 4 is 11.9 Å². The van der Waals surface area contributed by atoms with Crippen LogP contribution in [-0.2, 0) is 4.79 Å². The molecule has 7 heteroatoms. The number of hydrogen-bond donors (Lipinski definition) is 3. The summed E-state index contributed by atoms with van der Waals surface area (Å²) in [6, 6.07) is 1.43. The van der Waals surface area contributed by atoms with Crippen molar-refractivity contribution in [2.45, 2.75) is 6.10 Å². The highest BCUT2D eigenvalue weighted by molar-refractivity contribution is 5.94. The fraction of sp³-hybridized carbons (Fsp3) is 0.250. The number of aliphatic carboxylic acids is 1. The molecule has 1 amide bonds. The Balaban J connectivity index is 2.47. The van der Waals surface area contributed by atoms with E-state index >= 15 is 0 Å². The van der Waals surface area contributed by atoms with Gasteiger partial charge in [-0.25, -0.2) is 4.79 Å². The molecule has 0 fully saturated rings. The lowest BCUT2D eigenvalue weighted by Crippen LogP contribution is -2.36. The zero-order chi connectivity index (χ0) is 11.3. The molecule has 0 aliphatic rings. The molecule has 0 radical (unpaired) electrons. The molecule has 7 nitrogen and oxygen atoms in total. The van der Waals surface area contributed by atoms with E-state index in [0.29, 0.717) is 0 Å². The summed E-state index contributed by atoms with van der Waals surface area (Å²) in [5, 5.41) is 26.4. The van der Waals surface area contributed by atoms with Crippen molar-refractivity contribution in [3.8, 4) is 0 Å². The van der Waals surface area contributed by atoms with Crippen LogP contribution < -0.4 is 5.32 Å². The molecule has 0 bridgehead atoms. The maximum atomic E-state index is 11.3. The Hall–Kier alpha value is -2.02. The van der Waals surface area contributed by atoms with Gasteiger partial charge in [0.25, 0.3) is 5.91 Å². The first-order chi connectivity index (χ1) is 7.11. The summed E-state index contributed by atoms with van der Waals surface area (Å²) in [5.74, 6) is -1.90. The van der Waals surface area contributed by atoms with Gasteiger partial charge in [0.05, 0.1) is 24.5 Å². The van der Waals surface area contributed by atoms with Crippen LogP contribution in [0.5, 0.6) is 0 Å². The van der Waals surface area contributed by atoms with Gasteiger partial charge in [0, 0.05) is 0 Å². The summed E-state index contributed by atoms with van der Waals surface area (Å²) in [7, 11) is 0. The second-order valence-electron chi connectivity index (χ2n) is 2.70. The molecule has 1 atom stereocenters. The number of aliphatic hydroxyl groups is 1. The molecule has 80 valence electrons. The van der Waals surface area contributed by atoms with Gasteiger partial charge in [0.1, 0.15) is 0 Å². The van der Waals surface area contributed by atoms with Crippen molar-refractivity contribution in [2.24, 2.45) is 0 Å². The van der Waals surface area contributed by atoms with Crippen molar-refractivity contribution in [3.05, 3.63) is 24.0 Å². The van der Waals surface area contributed by atoms with Crippen molar-refractivity contribution in [1.29, 1.82) is 0 Å². The van der Waals surface area contributed by atoms with E-state index in [-0.39, 0.29) is 12.1 Å². The Morgan fingerprint density at radius 2 is 2.20 bits per heavy atom. The summed E-state index contributed by atoms with van der Waals surface area (Å²) in [6.45, 7) is -0.351. The SMILES string of the molecule is O=C(NC[C@H](O)C(=O)O)c1ccnnc1. The predicted octanol–water partition coefficient (Wildman–Crippen LogP) is -1.35. The minimum Gasteiger partial charge on any atom is -0.479 e. The summed E-state index contributed by atoms with van der Waals surface area (Å²) < 4.78 is 0. The van der Waals surface area contributed by atoms with E-state index in [9.17, 15) is 9.59 Å². The lowest BCUT2D eigenvalue weighted by Gasteiger charge is -2.06. The van der Waals surface area contributed by atoms with Crippen molar-refractivity contribution in [1.82, 2.24) is 15.5 Å². The first-order valence-corrected chi connectivity index (χ1v) is 4.07. The molecule has 0 aliphatic carbocycles. The summed E-state index contributed by atoms with van der Waals surface area (Å²) in [6.07, 6.45) is 0.967. The van der Waals surface area contributed by atoms with E-state index in [1.807, 2.05) is 0 Å². The molecule has 1 aromatic heterocycles. The van der Waals surface area contributed by atoms with Gasteiger partial charge in [-0.1, -0.05) is 0 Å². The molecule has 1 rings (SSSR count). The van der Waals surface area contributed by atoms with Crippen molar-refractivity contribution < 1.29 is 19.8 Å². The maximum Gasteiger partial charge on any atom is 0.334 e. The first kappa shape index (κ1) is 11.1. The maximum absolute atomic E-state index is 11.3. The molecule has 3 N–H and O–H groups in total. The predicted molar refractivity (Wildman–Crippen MR) is 48.0 cm³/mol. The second kappa shape index (κ2) is 5.01. The van der Waals surface area contributed by atoms with Gasteiger partial charge in [-0.3, -0.25) is 4.79 Å². The average molecular weight is 211 g/mol. The normalized spacial score (nSPS) is 11.8. The number of carbonyl (C=O) groups is 2. The van der Waals surface area contributed by atoms with E-state index in [1.165, 1.54) is 18.5 Å². The standard InChI is InChI=1S/C8H9N3O4/c12-6(8(14)15)4-9-7(13)5-1-2-10-11-3-5/h1-3,6,12H,4H2,(H,9,13)(H,14,15)/t6-/m0/s1. The largest absolute Gasteiger partial charge is 0.479 e. The second-order valence-corrected chi connectivity index (χ2v) is 2.70. The van der Waals surface area contributed by atoms with Gasteiger partial charge >= 0.3 is 5.97 Å². The van der Waals surface area contributed by atoms with E-state index in [4.69, 9.17) is 10.2 Å². The van der Waals surface area contributed by atoms with Crippen molar-refractivity contribution in [2.75, 3.05) is 6.54 Å². The van der Waals surface area contributed by atoms with Gasteiger partial charge in [0.15, 0.2) is 6.10 Å². The van der Waals surface area contributed by atoms with E-state index in [0.717, 1.165) is 0 Å². The lowest BCUT2D eigenvalue weighted by atomic mass is 10.3. The number of aliphatic hydroxyl groups excluding tert-OH is 1. The molecular formula is C8H9N3O4. The number of hydrogen-bond acceptors (Lipinski definition) is 5. The van der Waals surface area contributed by atoms with Crippen LogP contribution in [0.15, 0.2) is 18.5 Å². The summed E-state index contributed by atoms with van der Waals surface area (Å²) in [5.41, 5.74) is 0.252. The van der Waals surface area contributed by atoms with Gasteiger partial charge in [-0.2, -0.15) is 10.2 Å². The molecule has 1 heterocycles. The highest BCUT2D eigenvalue weighted by atomic mass is 16.4.